The number of furan rings is 1. The average molecular weight is 300 g/mol. The summed E-state index contributed by atoms with van der Waals surface area (Å²) in [6, 6.07) is 9.00. The van der Waals surface area contributed by atoms with Crippen LogP contribution in [-0.2, 0) is 22.6 Å². The summed E-state index contributed by atoms with van der Waals surface area (Å²) in [4.78, 5) is 25.1. The van der Waals surface area contributed by atoms with E-state index in [4.69, 9.17) is 9.15 Å². The molecule has 1 N–H and O–H groups in total. The molecule has 0 saturated heterocycles. The van der Waals surface area contributed by atoms with Gasteiger partial charge in [-0.1, -0.05) is 6.07 Å². The van der Waals surface area contributed by atoms with Crippen molar-refractivity contribution in [2.75, 3.05) is 18.6 Å². The second-order valence-corrected chi connectivity index (χ2v) is 5.08. The van der Waals surface area contributed by atoms with E-state index in [2.05, 4.69) is 5.32 Å². The fourth-order valence-corrected chi connectivity index (χ4v) is 2.27. The number of carbonyl (C=O) groups excluding carboxylic acids is 2. The summed E-state index contributed by atoms with van der Waals surface area (Å²) >= 11 is 0. The Morgan fingerprint density at radius 1 is 1.36 bits per heavy atom. The maximum Gasteiger partial charge on any atom is 0.264 e. The van der Waals surface area contributed by atoms with E-state index >= 15 is 0 Å². The standard InChI is InChI=1S/C16H16N2O4/c1-18-13-7-11(4-5-14(13)22-10-16(18)20)8-15(19)17-9-12-3-2-6-21-12/h2-7H,8-10H2,1H3,(H,17,19). The number of hydrogen-bond acceptors (Lipinski definition) is 4. The van der Waals surface area contributed by atoms with Gasteiger partial charge in [0, 0.05) is 7.05 Å². The molecule has 22 heavy (non-hydrogen) atoms. The highest BCUT2D eigenvalue weighted by Crippen LogP contribution is 2.32. The van der Waals surface area contributed by atoms with Gasteiger partial charge in [-0.2, -0.15) is 0 Å². The molecule has 2 heterocycles. The number of benzene rings is 1. The maximum absolute atomic E-state index is 12.0. The fraction of sp³-hybridized carbons (Fsp3) is 0.250. The van der Waals surface area contributed by atoms with Gasteiger partial charge in [-0.15, -0.1) is 0 Å². The summed E-state index contributed by atoms with van der Waals surface area (Å²) in [5.41, 5.74) is 1.51. The Hall–Kier alpha value is -2.76. The van der Waals surface area contributed by atoms with Gasteiger partial charge in [0.1, 0.15) is 11.5 Å². The Kier molecular flexibility index (Phi) is 3.82. The third-order valence-electron chi connectivity index (χ3n) is 3.51. The summed E-state index contributed by atoms with van der Waals surface area (Å²) in [5, 5.41) is 2.79. The number of anilines is 1. The molecule has 1 aromatic heterocycles. The van der Waals surface area contributed by atoms with E-state index in [1.807, 2.05) is 6.07 Å². The number of nitrogens with zero attached hydrogens (tertiary/aromatic N) is 1. The average Bonchev–Trinajstić information content (AvgIpc) is 3.03. The molecular weight excluding hydrogens is 284 g/mol. The first kappa shape index (κ1) is 14.2. The number of fused-ring (bicyclic) bond motifs is 1. The monoisotopic (exact) mass is 300 g/mol. The van der Waals surface area contributed by atoms with Gasteiger partial charge in [-0.25, -0.2) is 0 Å². The van der Waals surface area contributed by atoms with Crippen molar-refractivity contribution in [2.24, 2.45) is 0 Å². The first-order valence-electron chi connectivity index (χ1n) is 6.95. The van der Waals surface area contributed by atoms with Crippen molar-refractivity contribution < 1.29 is 18.7 Å². The zero-order valence-electron chi connectivity index (χ0n) is 12.2. The van der Waals surface area contributed by atoms with Gasteiger partial charge in [0.05, 0.1) is 24.9 Å². The molecule has 0 aliphatic carbocycles. The minimum Gasteiger partial charge on any atom is -0.482 e. The molecule has 1 aromatic carbocycles. The number of likely N-dealkylation sites (N-methyl/N-ethyl adjacent to an activating group) is 1. The van der Waals surface area contributed by atoms with E-state index in [0.717, 1.165) is 5.56 Å². The van der Waals surface area contributed by atoms with E-state index in [-0.39, 0.29) is 24.8 Å². The number of carbonyl (C=O) groups is 2. The van der Waals surface area contributed by atoms with Gasteiger partial charge in [0.25, 0.3) is 5.91 Å². The maximum atomic E-state index is 12.0. The van der Waals surface area contributed by atoms with Crippen LogP contribution >= 0.6 is 0 Å². The molecule has 114 valence electrons. The molecule has 0 unspecified atom stereocenters. The van der Waals surface area contributed by atoms with Crippen molar-refractivity contribution in [3.05, 3.63) is 47.9 Å². The van der Waals surface area contributed by atoms with Crippen LogP contribution in [0.2, 0.25) is 0 Å². The summed E-state index contributed by atoms with van der Waals surface area (Å²) in [6.45, 7) is 0.407. The lowest BCUT2D eigenvalue weighted by Gasteiger charge is -2.26. The number of hydrogen-bond donors (Lipinski definition) is 1. The molecule has 0 bridgehead atoms. The molecule has 1 aliphatic rings. The van der Waals surface area contributed by atoms with Crippen molar-refractivity contribution in [2.45, 2.75) is 13.0 Å². The van der Waals surface area contributed by atoms with Gasteiger partial charge < -0.3 is 19.4 Å². The van der Waals surface area contributed by atoms with Gasteiger partial charge in [0.15, 0.2) is 6.61 Å². The van der Waals surface area contributed by atoms with Crippen molar-refractivity contribution in [3.8, 4) is 5.75 Å². The molecule has 0 saturated carbocycles. The topological polar surface area (TPSA) is 71.8 Å². The quantitative estimate of drug-likeness (QED) is 0.928. The van der Waals surface area contributed by atoms with E-state index in [1.165, 1.54) is 0 Å². The van der Waals surface area contributed by atoms with Crippen LogP contribution < -0.4 is 15.0 Å². The van der Waals surface area contributed by atoms with Gasteiger partial charge in [-0.05, 0) is 29.8 Å². The highest BCUT2D eigenvalue weighted by atomic mass is 16.5. The van der Waals surface area contributed by atoms with Crippen LogP contribution in [0.1, 0.15) is 11.3 Å². The van der Waals surface area contributed by atoms with Gasteiger partial charge in [-0.3, -0.25) is 9.59 Å². The van der Waals surface area contributed by atoms with Crippen molar-refractivity contribution in [1.29, 1.82) is 0 Å². The first-order valence-corrected chi connectivity index (χ1v) is 6.95. The van der Waals surface area contributed by atoms with Gasteiger partial charge in [0.2, 0.25) is 5.91 Å². The smallest absolute Gasteiger partial charge is 0.264 e. The second kappa shape index (κ2) is 5.93. The highest BCUT2D eigenvalue weighted by molar-refractivity contribution is 5.97. The van der Waals surface area contributed by atoms with Crippen LogP contribution in [0, 0.1) is 0 Å². The minimum atomic E-state index is -0.109. The van der Waals surface area contributed by atoms with Crippen LogP contribution in [0.3, 0.4) is 0 Å². The molecule has 0 radical (unpaired) electrons. The largest absolute Gasteiger partial charge is 0.482 e. The van der Waals surface area contributed by atoms with Crippen LogP contribution in [0.15, 0.2) is 41.0 Å². The molecule has 0 fully saturated rings. The molecule has 2 aromatic rings. The predicted molar refractivity (Wildman–Crippen MR) is 79.6 cm³/mol. The molecule has 1 aliphatic heterocycles. The SMILES string of the molecule is CN1C(=O)COc2ccc(CC(=O)NCc3ccco3)cc21. The Morgan fingerprint density at radius 3 is 3.00 bits per heavy atom. The third-order valence-corrected chi connectivity index (χ3v) is 3.51. The first-order chi connectivity index (χ1) is 10.6. The highest BCUT2D eigenvalue weighted by Gasteiger charge is 2.22. The van der Waals surface area contributed by atoms with E-state index in [1.54, 1.807) is 42.5 Å². The molecule has 6 heteroatoms. The van der Waals surface area contributed by atoms with Crippen molar-refractivity contribution in [1.82, 2.24) is 5.32 Å². The summed E-state index contributed by atoms with van der Waals surface area (Å²) < 4.78 is 10.5. The fourth-order valence-electron chi connectivity index (χ4n) is 2.27. The normalized spacial score (nSPS) is 13.5. The Balaban J connectivity index is 1.65. The number of nitrogens with one attached hydrogen (secondary N) is 1. The predicted octanol–water partition coefficient (Wildman–Crippen LogP) is 1.49. The molecule has 3 rings (SSSR count). The van der Waals surface area contributed by atoms with Crippen LogP contribution in [0.5, 0.6) is 5.75 Å². The zero-order valence-corrected chi connectivity index (χ0v) is 12.2. The molecule has 2 amide bonds. The Bertz CT molecular complexity index is 694. The Morgan fingerprint density at radius 2 is 2.23 bits per heavy atom. The van der Waals surface area contributed by atoms with E-state index < -0.39 is 0 Å². The zero-order chi connectivity index (χ0) is 15.5. The third kappa shape index (κ3) is 2.95. The van der Waals surface area contributed by atoms with E-state index in [9.17, 15) is 9.59 Å². The summed E-state index contributed by atoms with van der Waals surface area (Å²) in [6.07, 6.45) is 1.80. The molecule has 6 nitrogen and oxygen atoms in total. The molecular formula is C16H16N2O4. The molecule has 0 atom stereocenters. The number of ether oxygens (including phenoxy) is 1. The van der Waals surface area contributed by atoms with Crippen molar-refractivity contribution >= 4 is 17.5 Å². The minimum absolute atomic E-state index is 0.0481. The van der Waals surface area contributed by atoms with E-state index in [0.29, 0.717) is 23.7 Å². The number of amides is 2. The van der Waals surface area contributed by atoms with Crippen LogP contribution in [0.4, 0.5) is 5.69 Å². The van der Waals surface area contributed by atoms with Crippen molar-refractivity contribution in [3.63, 3.8) is 0 Å². The van der Waals surface area contributed by atoms with Crippen LogP contribution in [0.25, 0.3) is 0 Å². The summed E-state index contributed by atoms with van der Waals surface area (Å²) in [7, 11) is 1.70. The lowest BCUT2D eigenvalue weighted by molar-refractivity contribution is -0.121. The Labute approximate surface area is 127 Å². The number of rotatable bonds is 4. The van der Waals surface area contributed by atoms with Gasteiger partial charge >= 0.3 is 0 Å². The second-order valence-electron chi connectivity index (χ2n) is 5.08. The lowest BCUT2D eigenvalue weighted by atomic mass is 10.1. The summed E-state index contributed by atoms with van der Waals surface area (Å²) in [5.74, 6) is 1.15. The van der Waals surface area contributed by atoms with Crippen LogP contribution in [-0.4, -0.2) is 25.5 Å². The lowest BCUT2D eigenvalue weighted by Crippen LogP contribution is -2.35. The molecule has 0 spiro atoms.